The molecule has 3 nitrogen and oxygen atoms in total. The third-order valence-corrected chi connectivity index (χ3v) is 2.54. The maximum absolute atomic E-state index is 13.6. The quantitative estimate of drug-likeness (QED) is 0.904. The lowest BCUT2D eigenvalue weighted by molar-refractivity contribution is 0.194. The molecule has 0 spiro atoms. The average molecular weight is 247 g/mol. The second-order valence-corrected chi connectivity index (χ2v) is 4.11. The molecule has 0 amide bonds. The van der Waals surface area contributed by atoms with Gasteiger partial charge in [0.1, 0.15) is 0 Å². The summed E-state index contributed by atoms with van der Waals surface area (Å²) in [6.07, 6.45) is 0.816. The van der Waals surface area contributed by atoms with Crippen molar-refractivity contribution in [1.29, 1.82) is 0 Å². The molecule has 0 saturated heterocycles. The second-order valence-electron chi connectivity index (χ2n) is 4.11. The molecule has 1 aromatic carbocycles. The topological polar surface area (TPSA) is 42.4 Å². The lowest BCUT2D eigenvalue weighted by Gasteiger charge is -2.12. The molecule has 1 aromatic heterocycles. The zero-order valence-electron chi connectivity index (χ0n) is 10.2. The van der Waals surface area contributed by atoms with Crippen LogP contribution in [-0.2, 0) is 0 Å². The Kier molecular flexibility index (Phi) is 3.58. The summed E-state index contributed by atoms with van der Waals surface area (Å²) >= 11 is 0. The number of benzene rings is 1. The highest BCUT2D eigenvalue weighted by Gasteiger charge is 2.12. The van der Waals surface area contributed by atoms with Gasteiger partial charge in [0.05, 0.1) is 6.10 Å². The number of aliphatic hydroxyl groups is 1. The van der Waals surface area contributed by atoms with E-state index in [2.05, 4.69) is 4.98 Å². The molecule has 0 radical (unpaired) electrons. The second kappa shape index (κ2) is 5.14. The Balaban J connectivity index is 2.37. The van der Waals surface area contributed by atoms with Crippen molar-refractivity contribution in [3.63, 3.8) is 0 Å². The Morgan fingerprint density at radius 2 is 2.11 bits per heavy atom. The third kappa shape index (κ3) is 2.65. The van der Waals surface area contributed by atoms with Gasteiger partial charge in [-0.1, -0.05) is 6.07 Å². The number of pyridine rings is 1. The van der Waals surface area contributed by atoms with Gasteiger partial charge >= 0.3 is 0 Å². The van der Waals surface area contributed by atoms with Crippen molar-refractivity contribution in [3.05, 3.63) is 53.5 Å². The van der Waals surface area contributed by atoms with Gasteiger partial charge in [0.2, 0.25) is 5.88 Å². The molecule has 0 unspecified atom stereocenters. The van der Waals surface area contributed by atoms with Crippen molar-refractivity contribution in [3.8, 4) is 11.6 Å². The third-order valence-electron chi connectivity index (χ3n) is 2.54. The number of aryl methyl sites for hydroxylation is 1. The van der Waals surface area contributed by atoms with Gasteiger partial charge in [-0.15, -0.1) is 0 Å². The van der Waals surface area contributed by atoms with Crippen molar-refractivity contribution < 1.29 is 14.2 Å². The van der Waals surface area contributed by atoms with Crippen LogP contribution >= 0.6 is 0 Å². The molecule has 0 aliphatic heterocycles. The number of aliphatic hydroxyl groups excluding tert-OH is 1. The first-order chi connectivity index (χ1) is 8.58. The SMILES string of the molecule is Cc1ccc(F)c(Oc2ncccc2[C@H](C)O)c1. The molecule has 18 heavy (non-hydrogen) atoms. The van der Waals surface area contributed by atoms with Crippen molar-refractivity contribution in [2.75, 3.05) is 0 Å². The van der Waals surface area contributed by atoms with Gasteiger partial charge in [-0.3, -0.25) is 0 Å². The maximum Gasteiger partial charge on any atom is 0.225 e. The molecule has 0 aliphatic rings. The molecule has 4 heteroatoms. The van der Waals surface area contributed by atoms with Gasteiger partial charge in [-0.25, -0.2) is 9.37 Å². The van der Waals surface area contributed by atoms with E-state index in [9.17, 15) is 9.50 Å². The van der Waals surface area contributed by atoms with E-state index in [1.807, 2.05) is 6.92 Å². The lowest BCUT2D eigenvalue weighted by Crippen LogP contribution is -1.99. The van der Waals surface area contributed by atoms with E-state index in [4.69, 9.17) is 4.74 Å². The Labute approximate surface area is 105 Å². The summed E-state index contributed by atoms with van der Waals surface area (Å²) in [5.74, 6) is -0.129. The summed E-state index contributed by atoms with van der Waals surface area (Å²) in [6, 6.07) is 7.99. The van der Waals surface area contributed by atoms with Gasteiger partial charge < -0.3 is 9.84 Å². The number of nitrogens with zero attached hydrogens (tertiary/aromatic N) is 1. The van der Waals surface area contributed by atoms with Crippen LogP contribution in [-0.4, -0.2) is 10.1 Å². The highest BCUT2D eigenvalue weighted by molar-refractivity contribution is 5.36. The summed E-state index contributed by atoms with van der Waals surface area (Å²) in [4.78, 5) is 4.02. The molecule has 2 rings (SSSR count). The lowest BCUT2D eigenvalue weighted by atomic mass is 10.2. The Morgan fingerprint density at radius 1 is 1.33 bits per heavy atom. The molecule has 2 aromatic rings. The van der Waals surface area contributed by atoms with E-state index in [-0.39, 0.29) is 11.6 Å². The van der Waals surface area contributed by atoms with E-state index in [0.717, 1.165) is 5.56 Å². The van der Waals surface area contributed by atoms with Crippen LogP contribution in [0.25, 0.3) is 0 Å². The number of ether oxygens (including phenoxy) is 1. The van der Waals surface area contributed by atoms with Crippen LogP contribution < -0.4 is 4.74 Å². The van der Waals surface area contributed by atoms with Crippen LogP contribution in [0, 0.1) is 12.7 Å². The minimum Gasteiger partial charge on any atom is -0.436 e. The van der Waals surface area contributed by atoms with Crippen molar-refractivity contribution in [2.45, 2.75) is 20.0 Å². The predicted octanol–water partition coefficient (Wildman–Crippen LogP) is 3.37. The van der Waals surface area contributed by atoms with E-state index in [1.54, 1.807) is 31.2 Å². The first-order valence-electron chi connectivity index (χ1n) is 5.65. The first-order valence-corrected chi connectivity index (χ1v) is 5.65. The molecule has 1 N–H and O–H groups in total. The molecule has 0 bridgehead atoms. The first kappa shape index (κ1) is 12.5. The molecular formula is C14H14FNO2. The van der Waals surface area contributed by atoms with Crippen LogP contribution in [0.2, 0.25) is 0 Å². The number of halogens is 1. The highest BCUT2D eigenvalue weighted by atomic mass is 19.1. The van der Waals surface area contributed by atoms with Crippen LogP contribution in [0.4, 0.5) is 4.39 Å². The van der Waals surface area contributed by atoms with Gasteiger partial charge in [0, 0.05) is 11.8 Å². The molecule has 94 valence electrons. The van der Waals surface area contributed by atoms with Crippen molar-refractivity contribution in [2.24, 2.45) is 0 Å². The minimum atomic E-state index is -0.721. The molecule has 0 fully saturated rings. The highest BCUT2D eigenvalue weighted by Crippen LogP contribution is 2.29. The van der Waals surface area contributed by atoms with Crippen molar-refractivity contribution in [1.82, 2.24) is 4.98 Å². The molecular weight excluding hydrogens is 233 g/mol. The normalized spacial score (nSPS) is 12.2. The van der Waals surface area contributed by atoms with Gasteiger partial charge in [0.15, 0.2) is 11.6 Å². The van der Waals surface area contributed by atoms with Gasteiger partial charge in [-0.05, 0) is 43.7 Å². The molecule has 0 aliphatic carbocycles. The molecule has 1 heterocycles. The average Bonchev–Trinajstić information content (AvgIpc) is 2.34. The summed E-state index contributed by atoms with van der Waals surface area (Å²) < 4.78 is 19.0. The predicted molar refractivity (Wildman–Crippen MR) is 66.1 cm³/mol. The van der Waals surface area contributed by atoms with Gasteiger partial charge in [0.25, 0.3) is 0 Å². The molecule has 0 saturated carbocycles. The summed E-state index contributed by atoms with van der Waals surface area (Å²) in [5.41, 5.74) is 1.42. The van der Waals surface area contributed by atoms with Crippen molar-refractivity contribution >= 4 is 0 Å². The fourth-order valence-electron chi connectivity index (χ4n) is 1.60. The summed E-state index contributed by atoms with van der Waals surface area (Å²) in [7, 11) is 0. The smallest absolute Gasteiger partial charge is 0.225 e. The zero-order valence-corrected chi connectivity index (χ0v) is 10.2. The summed E-state index contributed by atoms with van der Waals surface area (Å²) in [6.45, 7) is 3.46. The van der Waals surface area contributed by atoms with Gasteiger partial charge in [-0.2, -0.15) is 0 Å². The maximum atomic E-state index is 13.6. The number of hydrogen-bond donors (Lipinski definition) is 1. The monoisotopic (exact) mass is 247 g/mol. The minimum absolute atomic E-state index is 0.107. The fourth-order valence-corrected chi connectivity index (χ4v) is 1.60. The van der Waals surface area contributed by atoms with Crippen LogP contribution in [0.3, 0.4) is 0 Å². The Hall–Kier alpha value is -1.94. The largest absolute Gasteiger partial charge is 0.436 e. The number of hydrogen-bond acceptors (Lipinski definition) is 3. The Morgan fingerprint density at radius 3 is 2.83 bits per heavy atom. The fraction of sp³-hybridized carbons (Fsp3) is 0.214. The van der Waals surface area contributed by atoms with E-state index in [0.29, 0.717) is 5.56 Å². The summed E-state index contributed by atoms with van der Waals surface area (Å²) in [5, 5.41) is 9.59. The van der Waals surface area contributed by atoms with Crippen LogP contribution in [0.5, 0.6) is 11.6 Å². The number of rotatable bonds is 3. The zero-order chi connectivity index (χ0) is 13.1. The van der Waals surface area contributed by atoms with Crippen LogP contribution in [0.15, 0.2) is 36.5 Å². The van der Waals surface area contributed by atoms with Crippen LogP contribution in [0.1, 0.15) is 24.2 Å². The van der Waals surface area contributed by atoms with E-state index in [1.165, 1.54) is 12.3 Å². The van der Waals surface area contributed by atoms with E-state index >= 15 is 0 Å². The standard InChI is InChI=1S/C14H14FNO2/c1-9-5-6-12(15)13(8-9)18-14-11(10(2)17)4-3-7-16-14/h3-8,10,17H,1-2H3/t10-/m0/s1. The molecule has 1 atom stereocenters. The Bertz CT molecular complexity index is 555. The van der Waals surface area contributed by atoms with E-state index < -0.39 is 11.9 Å². The number of aromatic nitrogens is 1.